The molecule has 0 saturated heterocycles. The molecule has 0 radical (unpaired) electrons. The molecule has 5 nitrogen and oxygen atoms in total. The van der Waals surface area contributed by atoms with E-state index in [-0.39, 0.29) is 0 Å². The lowest BCUT2D eigenvalue weighted by molar-refractivity contribution is -0.142. The Morgan fingerprint density at radius 3 is 2.69 bits per heavy atom. The van der Waals surface area contributed by atoms with E-state index < -0.39 is 17.9 Å². The van der Waals surface area contributed by atoms with Gasteiger partial charge in [-0.05, 0) is 19.1 Å². The van der Waals surface area contributed by atoms with Crippen LogP contribution in [0.15, 0.2) is 18.3 Å². The van der Waals surface area contributed by atoms with Gasteiger partial charge in [0.15, 0.2) is 0 Å². The zero-order chi connectivity index (χ0) is 12.1. The highest BCUT2D eigenvalue weighted by molar-refractivity contribution is 6.29. The molecule has 0 spiro atoms. The van der Waals surface area contributed by atoms with Gasteiger partial charge in [0.05, 0.1) is 12.7 Å². The van der Waals surface area contributed by atoms with Crippen LogP contribution in [0.2, 0.25) is 5.15 Å². The quantitative estimate of drug-likeness (QED) is 0.635. The lowest BCUT2D eigenvalue weighted by Gasteiger charge is -2.11. The Morgan fingerprint density at radius 1 is 1.50 bits per heavy atom. The first-order chi connectivity index (χ1) is 7.54. The van der Waals surface area contributed by atoms with Gasteiger partial charge in [0.1, 0.15) is 11.2 Å². The molecule has 1 aromatic heterocycles. The van der Waals surface area contributed by atoms with Gasteiger partial charge in [0.25, 0.3) is 5.91 Å². The van der Waals surface area contributed by atoms with E-state index in [1.165, 1.54) is 32.4 Å². The molecular formula is C10H11ClN2O3. The maximum absolute atomic E-state index is 11.6. The molecule has 0 aromatic carbocycles. The van der Waals surface area contributed by atoms with E-state index in [9.17, 15) is 9.59 Å². The molecule has 1 unspecified atom stereocenters. The zero-order valence-electron chi connectivity index (χ0n) is 8.86. The summed E-state index contributed by atoms with van der Waals surface area (Å²) in [5.41, 5.74) is 0.333. The molecule has 1 N–H and O–H groups in total. The standard InChI is InChI=1S/C10H11ClN2O3/c1-6(10(15)16-2)13-9(14)7-3-4-8(11)12-5-7/h3-6H,1-2H3,(H,13,14). The SMILES string of the molecule is COC(=O)C(C)NC(=O)c1ccc(Cl)nc1. The number of carbonyl (C=O) groups excluding carboxylic acids is 2. The molecule has 86 valence electrons. The molecule has 1 heterocycles. The first-order valence-corrected chi connectivity index (χ1v) is 4.92. The van der Waals surface area contributed by atoms with Crippen LogP contribution in [-0.2, 0) is 9.53 Å². The van der Waals surface area contributed by atoms with E-state index >= 15 is 0 Å². The molecule has 6 heteroatoms. The number of hydrogen-bond donors (Lipinski definition) is 1. The number of amides is 1. The van der Waals surface area contributed by atoms with Crippen LogP contribution in [0.1, 0.15) is 17.3 Å². The molecule has 1 aromatic rings. The van der Waals surface area contributed by atoms with E-state index in [1.807, 2.05) is 0 Å². The average molecular weight is 243 g/mol. The maximum atomic E-state index is 11.6. The minimum atomic E-state index is -0.701. The summed E-state index contributed by atoms with van der Waals surface area (Å²) in [4.78, 5) is 26.4. The summed E-state index contributed by atoms with van der Waals surface area (Å²) in [5.74, 6) is -0.905. The van der Waals surface area contributed by atoms with Crippen LogP contribution in [0, 0.1) is 0 Å². The van der Waals surface area contributed by atoms with Crippen molar-refractivity contribution in [2.45, 2.75) is 13.0 Å². The number of aromatic nitrogens is 1. The number of rotatable bonds is 3. The molecule has 16 heavy (non-hydrogen) atoms. The zero-order valence-corrected chi connectivity index (χ0v) is 9.62. The van der Waals surface area contributed by atoms with E-state index in [0.29, 0.717) is 10.7 Å². The third kappa shape index (κ3) is 3.20. The van der Waals surface area contributed by atoms with Crippen molar-refractivity contribution in [2.75, 3.05) is 7.11 Å². The Labute approximate surface area is 97.8 Å². The third-order valence-electron chi connectivity index (χ3n) is 1.89. The average Bonchev–Trinajstić information content (AvgIpc) is 2.28. The third-order valence-corrected chi connectivity index (χ3v) is 2.12. The Balaban J connectivity index is 2.65. The Morgan fingerprint density at radius 2 is 2.19 bits per heavy atom. The van der Waals surface area contributed by atoms with Crippen LogP contribution in [-0.4, -0.2) is 30.0 Å². The molecule has 0 aliphatic carbocycles. The van der Waals surface area contributed by atoms with E-state index in [4.69, 9.17) is 11.6 Å². The van der Waals surface area contributed by atoms with Crippen LogP contribution in [0.25, 0.3) is 0 Å². The van der Waals surface area contributed by atoms with Crippen LogP contribution < -0.4 is 5.32 Å². The van der Waals surface area contributed by atoms with Crippen LogP contribution in [0.3, 0.4) is 0 Å². The molecule has 0 saturated carbocycles. The fourth-order valence-corrected chi connectivity index (χ4v) is 1.14. The van der Waals surface area contributed by atoms with E-state index in [0.717, 1.165) is 0 Å². The van der Waals surface area contributed by atoms with Crippen LogP contribution in [0.4, 0.5) is 0 Å². The number of hydrogen-bond acceptors (Lipinski definition) is 4. The van der Waals surface area contributed by atoms with Gasteiger partial charge in [-0.25, -0.2) is 9.78 Å². The van der Waals surface area contributed by atoms with Crippen molar-refractivity contribution >= 4 is 23.5 Å². The maximum Gasteiger partial charge on any atom is 0.328 e. The molecular weight excluding hydrogens is 232 g/mol. The predicted octanol–water partition coefficient (Wildman–Crippen LogP) is 1.03. The van der Waals surface area contributed by atoms with Gasteiger partial charge < -0.3 is 10.1 Å². The number of methoxy groups -OCH3 is 1. The Hall–Kier alpha value is -1.62. The highest BCUT2D eigenvalue weighted by atomic mass is 35.5. The molecule has 1 rings (SSSR count). The van der Waals surface area contributed by atoms with Crippen molar-refractivity contribution in [1.29, 1.82) is 0 Å². The fraction of sp³-hybridized carbons (Fsp3) is 0.300. The minimum absolute atomic E-state index is 0.303. The van der Waals surface area contributed by atoms with Gasteiger partial charge in [-0.15, -0.1) is 0 Å². The molecule has 0 bridgehead atoms. The van der Waals surface area contributed by atoms with Gasteiger partial charge in [0.2, 0.25) is 0 Å². The number of pyridine rings is 1. The monoisotopic (exact) mass is 242 g/mol. The number of esters is 1. The van der Waals surface area contributed by atoms with Crippen molar-refractivity contribution in [3.8, 4) is 0 Å². The molecule has 0 aliphatic rings. The smallest absolute Gasteiger partial charge is 0.328 e. The van der Waals surface area contributed by atoms with E-state index in [2.05, 4.69) is 15.0 Å². The lowest BCUT2D eigenvalue weighted by atomic mass is 10.2. The lowest BCUT2D eigenvalue weighted by Crippen LogP contribution is -2.39. The molecule has 1 amide bonds. The van der Waals surface area contributed by atoms with Gasteiger partial charge in [0, 0.05) is 6.20 Å². The van der Waals surface area contributed by atoms with Crippen molar-refractivity contribution in [3.05, 3.63) is 29.0 Å². The van der Waals surface area contributed by atoms with Crippen molar-refractivity contribution in [3.63, 3.8) is 0 Å². The second kappa shape index (κ2) is 5.46. The van der Waals surface area contributed by atoms with Gasteiger partial charge >= 0.3 is 5.97 Å². The highest BCUT2D eigenvalue weighted by Gasteiger charge is 2.16. The molecule has 1 atom stereocenters. The summed E-state index contributed by atoms with van der Waals surface area (Å²) in [6.45, 7) is 1.53. The first-order valence-electron chi connectivity index (χ1n) is 4.55. The molecule has 0 aliphatic heterocycles. The van der Waals surface area contributed by atoms with Gasteiger partial charge in [-0.3, -0.25) is 4.79 Å². The normalized spacial score (nSPS) is 11.7. The Bertz CT molecular complexity index is 392. The fourth-order valence-electron chi connectivity index (χ4n) is 1.03. The summed E-state index contributed by atoms with van der Waals surface area (Å²) in [6, 6.07) is 2.32. The number of ether oxygens (including phenoxy) is 1. The van der Waals surface area contributed by atoms with Crippen LogP contribution >= 0.6 is 11.6 Å². The van der Waals surface area contributed by atoms with Gasteiger partial charge in [-0.1, -0.05) is 11.6 Å². The summed E-state index contributed by atoms with van der Waals surface area (Å²) in [5, 5.41) is 2.77. The molecule has 0 fully saturated rings. The highest BCUT2D eigenvalue weighted by Crippen LogP contribution is 2.05. The second-order valence-corrected chi connectivity index (χ2v) is 3.48. The summed E-state index contributed by atoms with van der Waals surface area (Å²) in [6.07, 6.45) is 1.33. The largest absolute Gasteiger partial charge is 0.467 e. The minimum Gasteiger partial charge on any atom is -0.467 e. The second-order valence-electron chi connectivity index (χ2n) is 3.09. The summed E-state index contributed by atoms with van der Waals surface area (Å²) < 4.78 is 4.48. The number of nitrogens with one attached hydrogen (secondary N) is 1. The number of carbonyl (C=O) groups is 2. The van der Waals surface area contributed by atoms with Gasteiger partial charge in [-0.2, -0.15) is 0 Å². The van der Waals surface area contributed by atoms with Crippen LogP contribution in [0.5, 0.6) is 0 Å². The number of halogens is 1. The van der Waals surface area contributed by atoms with Crippen molar-refractivity contribution in [2.24, 2.45) is 0 Å². The van der Waals surface area contributed by atoms with Crippen molar-refractivity contribution in [1.82, 2.24) is 10.3 Å². The van der Waals surface area contributed by atoms with E-state index in [1.54, 1.807) is 0 Å². The predicted molar refractivity (Wildman–Crippen MR) is 58.2 cm³/mol. The topological polar surface area (TPSA) is 68.3 Å². The number of nitrogens with zero attached hydrogens (tertiary/aromatic N) is 1. The Kier molecular flexibility index (Phi) is 4.25. The summed E-state index contributed by atoms with van der Waals surface area (Å²) >= 11 is 5.58. The first kappa shape index (κ1) is 12.4. The summed E-state index contributed by atoms with van der Waals surface area (Å²) in [7, 11) is 1.26. The van der Waals surface area contributed by atoms with Crippen molar-refractivity contribution < 1.29 is 14.3 Å².